The minimum Gasteiger partial charge on any atom is -0.494 e. The summed E-state index contributed by atoms with van der Waals surface area (Å²) in [5.41, 5.74) is 0.911. The minimum absolute atomic E-state index is 0.297. The van der Waals surface area contributed by atoms with Crippen LogP contribution in [-0.2, 0) is 22.1 Å². The smallest absolute Gasteiger partial charge is 0.175 e. The van der Waals surface area contributed by atoms with Crippen LogP contribution in [0.15, 0.2) is 34.5 Å². The average molecular weight is 346 g/mol. The molecule has 0 aliphatic carbocycles. The molecule has 0 aliphatic rings. The maximum atomic E-state index is 11.3. The topological polar surface area (TPSA) is 56.3 Å². The zero-order chi connectivity index (χ0) is 15.3. The summed E-state index contributed by atoms with van der Waals surface area (Å²) in [4.78, 5) is 4.67. The van der Waals surface area contributed by atoms with Crippen molar-refractivity contribution < 1.29 is 13.2 Å². The van der Waals surface area contributed by atoms with Gasteiger partial charge in [-0.2, -0.15) is 0 Å². The molecule has 0 aliphatic heterocycles. The minimum atomic E-state index is -3.15. The number of halogens is 1. The van der Waals surface area contributed by atoms with E-state index in [9.17, 15) is 8.42 Å². The Labute approximate surface area is 133 Å². The van der Waals surface area contributed by atoms with Crippen molar-refractivity contribution in [2.45, 2.75) is 23.6 Å². The number of ether oxygens (including phenoxy) is 1. The molecule has 0 N–H and O–H groups in total. The molecule has 0 radical (unpaired) electrons. The van der Waals surface area contributed by atoms with Crippen molar-refractivity contribution in [3.63, 3.8) is 0 Å². The first-order valence-corrected chi connectivity index (χ1v) is 9.72. The molecule has 0 bridgehead atoms. The van der Waals surface area contributed by atoms with Gasteiger partial charge in [-0.1, -0.05) is 0 Å². The first kappa shape index (κ1) is 16.3. The zero-order valence-electron chi connectivity index (χ0n) is 11.6. The van der Waals surface area contributed by atoms with Crippen molar-refractivity contribution in [3.05, 3.63) is 40.3 Å². The van der Waals surface area contributed by atoms with Crippen molar-refractivity contribution in [2.75, 3.05) is 12.9 Å². The summed E-state index contributed by atoms with van der Waals surface area (Å²) in [6.07, 6.45) is 2.89. The largest absolute Gasteiger partial charge is 0.494 e. The normalized spacial score (nSPS) is 11.5. The van der Waals surface area contributed by atoms with E-state index in [1.807, 2.05) is 5.38 Å². The van der Waals surface area contributed by atoms with Gasteiger partial charge < -0.3 is 4.74 Å². The number of thiazole rings is 1. The molecule has 4 nitrogen and oxygen atoms in total. The first-order chi connectivity index (χ1) is 9.99. The number of hydrogen-bond acceptors (Lipinski definition) is 5. The Morgan fingerprint density at radius 3 is 2.57 bits per heavy atom. The quantitative estimate of drug-likeness (QED) is 0.570. The summed E-state index contributed by atoms with van der Waals surface area (Å²) in [6.45, 7) is 0.564. The van der Waals surface area contributed by atoms with E-state index in [2.05, 4.69) is 4.98 Å². The van der Waals surface area contributed by atoms with Gasteiger partial charge in [0.2, 0.25) is 0 Å². The monoisotopic (exact) mass is 345 g/mol. The molecule has 114 valence electrons. The number of sulfone groups is 1. The molecule has 0 saturated heterocycles. The molecule has 7 heteroatoms. The number of rotatable bonds is 7. The Kier molecular flexibility index (Phi) is 5.61. The lowest BCUT2D eigenvalue weighted by Crippen LogP contribution is -2.00. The summed E-state index contributed by atoms with van der Waals surface area (Å²) in [5.74, 6) is 1.11. The number of benzene rings is 1. The van der Waals surface area contributed by atoms with Crippen LogP contribution in [0.25, 0.3) is 0 Å². The molecule has 2 rings (SSSR count). The molecular weight excluding hydrogens is 330 g/mol. The molecule has 2 aromatic rings. The lowest BCUT2D eigenvalue weighted by atomic mass is 10.3. The second-order valence-corrected chi connectivity index (χ2v) is 7.79. The van der Waals surface area contributed by atoms with Crippen LogP contribution in [0, 0.1) is 0 Å². The van der Waals surface area contributed by atoms with Crippen LogP contribution < -0.4 is 4.74 Å². The van der Waals surface area contributed by atoms with Crippen LogP contribution in [0.4, 0.5) is 0 Å². The summed E-state index contributed by atoms with van der Waals surface area (Å²) >= 11 is 7.31. The fraction of sp³-hybridized carbons (Fsp3) is 0.357. The van der Waals surface area contributed by atoms with Crippen LogP contribution in [0.5, 0.6) is 5.75 Å². The molecule has 0 saturated carbocycles. The fourth-order valence-electron chi connectivity index (χ4n) is 1.72. The third-order valence-electron chi connectivity index (χ3n) is 2.79. The number of aryl methyl sites for hydroxylation is 1. The predicted molar refractivity (Wildman–Crippen MR) is 85.0 cm³/mol. The van der Waals surface area contributed by atoms with Gasteiger partial charge in [-0.25, -0.2) is 13.4 Å². The van der Waals surface area contributed by atoms with Gasteiger partial charge in [0.25, 0.3) is 0 Å². The van der Waals surface area contributed by atoms with E-state index in [0.717, 1.165) is 23.5 Å². The molecule has 0 spiro atoms. The van der Waals surface area contributed by atoms with Crippen LogP contribution in [0.3, 0.4) is 0 Å². The number of aromatic nitrogens is 1. The molecule has 1 heterocycles. The Balaban J connectivity index is 1.78. The highest BCUT2D eigenvalue weighted by Crippen LogP contribution is 2.17. The van der Waals surface area contributed by atoms with Crippen molar-refractivity contribution in [3.8, 4) is 5.75 Å². The Morgan fingerprint density at radius 2 is 2.00 bits per heavy atom. The van der Waals surface area contributed by atoms with Gasteiger partial charge in [-0.15, -0.1) is 22.9 Å². The highest BCUT2D eigenvalue weighted by Gasteiger charge is 2.06. The summed E-state index contributed by atoms with van der Waals surface area (Å²) < 4.78 is 28.2. The van der Waals surface area contributed by atoms with E-state index in [4.69, 9.17) is 16.3 Å². The zero-order valence-corrected chi connectivity index (χ0v) is 14.0. The van der Waals surface area contributed by atoms with E-state index in [1.54, 1.807) is 35.6 Å². The molecule has 21 heavy (non-hydrogen) atoms. The van der Waals surface area contributed by atoms with Crippen LogP contribution in [0.2, 0.25) is 0 Å². The van der Waals surface area contributed by atoms with E-state index in [-0.39, 0.29) is 0 Å². The Bertz CT molecular complexity index is 680. The maximum Gasteiger partial charge on any atom is 0.175 e. The summed E-state index contributed by atoms with van der Waals surface area (Å²) in [5, 5.41) is 3.02. The van der Waals surface area contributed by atoms with Crippen molar-refractivity contribution in [1.82, 2.24) is 4.98 Å². The van der Waals surface area contributed by atoms with Gasteiger partial charge in [0.1, 0.15) is 5.75 Å². The van der Waals surface area contributed by atoms with Crippen molar-refractivity contribution in [2.24, 2.45) is 0 Å². The fourth-order valence-corrected chi connectivity index (χ4v) is 3.42. The number of nitrogens with zero attached hydrogens (tertiary/aromatic N) is 1. The average Bonchev–Trinajstić information content (AvgIpc) is 2.91. The third kappa shape index (κ3) is 4.98. The standard InChI is InChI=1S/C14H16ClNO3S2/c1-21(17,18)13-6-4-12(5-7-13)19-8-2-3-14-16-11(9-15)10-20-14/h4-7,10H,2-3,8-9H2,1H3. The first-order valence-electron chi connectivity index (χ1n) is 6.41. The predicted octanol–water partition coefficient (Wildman–Crippen LogP) is 3.30. The molecule has 1 aromatic carbocycles. The van der Waals surface area contributed by atoms with Gasteiger partial charge in [0.05, 0.1) is 28.1 Å². The van der Waals surface area contributed by atoms with Crippen LogP contribution in [0.1, 0.15) is 17.1 Å². The molecule has 0 atom stereocenters. The van der Waals surface area contributed by atoms with Crippen molar-refractivity contribution >= 4 is 32.8 Å². The molecule has 1 aromatic heterocycles. The molecule has 0 fully saturated rings. The summed E-state index contributed by atoms with van der Waals surface area (Å²) in [7, 11) is -3.15. The van der Waals surface area contributed by atoms with Crippen LogP contribution in [-0.4, -0.2) is 26.3 Å². The Morgan fingerprint density at radius 1 is 1.29 bits per heavy atom. The van der Waals surface area contributed by atoms with Gasteiger partial charge in [-0.05, 0) is 30.7 Å². The molecule has 0 unspecified atom stereocenters. The lowest BCUT2D eigenvalue weighted by molar-refractivity contribution is 0.310. The van der Waals surface area contributed by atoms with Crippen molar-refractivity contribution in [1.29, 1.82) is 0 Å². The van der Waals surface area contributed by atoms with Gasteiger partial charge >= 0.3 is 0 Å². The SMILES string of the molecule is CS(=O)(=O)c1ccc(OCCCc2nc(CCl)cs2)cc1. The van der Waals surface area contributed by atoms with Gasteiger partial charge in [-0.3, -0.25) is 0 Å². The van der Waals surface area contributed by atoms with Gasteiger partial charge in [0, 0.05) is 18.1 Å². The second kappa shape index (κ2) is 7.24. The highest BCUT2D eigenvalue weighted by atomic mass is 35.5. The van der Waals surface area contributed by atoms with Gasteiger partial charge in [0.15, 0.2) is 9.84 Å². The third-order valence-corrected chi connectivity index (χ3v) is 5.15. The van der Waals surface area contributed by atoms with E-state index in [0.29, 0.717) is 23.1 Å². The number of alkyl halides is 1. The highest BCUT2D eigenvalue weighted by molar-refractivity contribution is 7.90. The lowest BCUT2D eigenvalue weighted by Gasteiger charge is -2.06. The van der Waals surface area contributed by atoms with E-state index in [1.165, 1.54) is 6.26 Å². The second-order valence-electron chi connectivity index (χ2n) is 4.56. The molecule has 0 amide bonds. The van der Waals surface area contributed by atoms with E-state index >= 15 is 0 Å². The Hall–Kier alpha value is -1.11. The number of hydrogen-bond donors (Lipinski definition) is 0. The van der Waals surface area contributed by atoms with Crippen LogP contribution >= 0.6 is 22.9 Å². The van der Waals surface area contributed by atoms with E-state index < -0.39 is 9.84 Å². The summed E-state index contributed by atoms with van der Waals surface area (Å²) in [6, 6.07) is 6.45. The maximum absolute atomic E-state index is 11.3. The molecular formula is C14H16ClNO3S2.